The minimum atomic E-state index is -0.916. The molecule has 182 valence electrons. The van der Waals surface area contributed by atoms with Gasteiger partial charge in [0.05, 0.1) is 6.61 Å². The standard InChI is InChI=1S/C23H34N4O6/c1-5-16(3)14-24-20(29)15-27-13-9-11-19(23(27)32)26-22(31)18(25-17(4)28)10-7-8-12-21(30)33-6-2/h8-9,11-13,16,18H,5-7,10,14-15H2,1-4H3,(H,24,29)(H,25,28)(H,26,31)/b12-8+/t16?,18-/m0/s1. The normalized spacial score (nSPS) is 12.6. The van der Waals surface area contributed by atoms with Gasteiger partial charge in [-0.25, -0.2) is 4.79 Å². The summed E-state index contributed by atoms with van der Waals surface area (Å²) in [5.41, 5.74) is -0.539. The van der Waals surface area contributed by atoms with Crippen molar-refractivity contribution in [3.63, 3.8) is 0 Å². The van der Waals surface area contributed by atoms with Crippen LogP contribution in [0.4, 0.5) is 5.69 Å². The van der Waals surface area contributed by atoms with Crippen molar-refractivity contribution < 1.29 is 23.9 Å². The van der Waals surface area contributed by atoms with Gasteiger partial charge in [0, 0.05) is 25.7 Å². The van der Waals surface area contributed by atoms with Crippen molar-refractivity contribution in [1.82, 2.24) is 15.2 Å². The number of hydrogen-bond donors (Lipinski definition) is 3. The molecule has 1 rings (SSSR count). The summed E-state index contributed by atoms with van der Waals surface area (Å²) in [6, 6.07) is 2.06. The van der Waals surface area contributed by atoms with E-state index in [-0.39, 0.29) is 31.2 Å². The van der Waals surface area contributed by atoms with Gasteiger partial charge in [0.2, 0.25) is 17.7 Å². The van der Waals surface area contributed by atoms with Gasteiger partial charge in [-0.15, -0.1) is 0 Å². The Kier molecular flexibility index (Phi) is 12.2. The molecule has 0 saturated carbocycles. The van der Waals surface area contributed by atoms with E-state index in [0.717, 1.165) is 6.42 Å². The average Bonchev–Trinajstić information content (AvgIpc) is 2.76. The van der Waals surface area contributed by atoms with E-state index in [2.05, 4.69) is 16.0 Å². The molecule has 1 aromatic rings. The number of rotatable bonds is 13. The number of aromatic nitrogens is 1. The minimum absolute atomic E-state index is 0.00496. The first-order valence-electron chi connectivity index (χ1n) is 11.0. The molecular weight excluding hydrogens is 428 g/mol. The fraction of sp³-hybridized carbons (Fsp3) is 0.522. The molecule has 0 spiro atoms. The highest BCUT2D eigenvalue weighted by atomic mass is 16.5. The predicted octanol–water partition coefficient (Wildman–Crippen LogP) is 1.35. The molecule has 10 heteroatoms. The summed E-state index contributed by atoms with van der Waals surface area (Å²) in [5.74, 6) is -1.45. The average molecular weight is 463 g/mol. The van der Waals surface area contributed by atoms with Crippen LogP contribution in [-0.2, 0) is 30.5 Å². The number of esters is 1. The van der Waals surface area contributed by atoms with Gasteiger partial charge in [-0.05, 0) is 37.8 Å². The van der Waals surface area contributed by atoms with Crippen LogP contribution in [0.25, 0.3) is 0 Å². The quantitative estimate of drug-likeness (QED) is 0.299. The Balaban J connectivity index is 2.81. The molecular formula is C23H34N4O6. The number of hydrogen-bond acceptors (Lipinski definition) is 6. The SMILES string of the molecule is CCOC(=O)/C=C/CC[C@H](NC(C)=O)C(=O)Nc1cccn(CC(=O)NCC(C)CC)c1=O. The summed E-state index contributed by atoms with van der Waals surface area (Å²) in [6.07, 6.45) is 5.73. The number of nitrogens with one attached hydrogen (secondary N) is 3. The van der Waals surface area contributed by atoms with Crippen molar-refractivity contribution in [3.8, 4) is 0 Å². The highest BCUT2D eigenvalue weighted by Gasteiger charge is 2.20. The first kappa shape index (κ1) is 27.6. The Bertz CT molecular complexity index is 908. The van der Waals surface area contributed by atoms with Crippen LogP contribution in [0, 0.1) is 5.92 Å². The third kappa shape index (κ3) is 10.6. The van der Waals surface area contributed by atoms with Crippen LogP contribution >= 0.6 is 0 Å². The number of nitrogens with zero attached hydrogens (tertiary/aromatic N) is 1. The van der Waals surface area contributed by atoms with Crippen LogP contribution in [0.5, 0.6) is 0 Å². The van der Waals surface area contributed by atoms with Gasteiger partial charge in [0.15, 0.2) is 0 Å². The third-order valence-electron chi connectivity index (χ3n) is 4.79. The zero-order chi connectivity index (χ0) is 24.8. The van der Waals surface area contributed by atoms with Crippen LogP contribution in [0.2, 0.25) is 0 Å². The summed E-state index contributed by atoms with van der Waals surface area (Å²) in [6.45, 7) is 7.62. The lowest BCUT2D eigenvalue weighted by Crippen LogP contribution is -2.44. The van der Waals surface area contributed by atoms with Gasteiger partial charge in [-0.2, -0.15) is 0 Å². The second-order valence-corrected chi connectivity index (χ2v) is 7.65. The predicted molar refractivity (Wildman–Crippen MR) is 124 cm³/mol. The molecule has 0 saturated heterocycles. The molecule has 0 aliphatic carbocycles. The Hall–Kier alpha value is -3.43. The molecule has 1 heterocycles. The smallest absolute Gasteiger partial charge is 0.330 e. The summed E-state index contributed by atoms with van der Waals surface area (Å²) in [7, 11) is 0. The van der Waals surface area contributed by atoms with Crippen LogP contribution in [-0.4, -0.2) is 47.5 Å². The number of amides is 3. The highest BCUT2D eigenvalue weighted by Crippen LogP contribution is 2.05. The largest absolute Gasteiger partial charge is 0.463 e. The van der Waals surface area contributed by atoms with Crippen LogP contribution in [0.3, 0.4) is 0 Å². The summed E-state index contributed by atoms with van der Waals surface area (Å²) in [5, 5.41) is 7.84. The second kappa shape index (κ2) is 14.6. The molecule has 10 nitrogen and oxygen atoms in total. The van der Waals surface area contributed by atoms with Gasteiger partial charge in [-0.1, -0.05) is 26.3 Å². The Labute approximate surface area is 193 Å². The van der Waals surface area contributed by atoms with Crippen LogP contribution < -0.4 is 21.5 Å². The molecule has 3 N–H and O–H groups in total. The monoisotopic (exact) mass is 462 g/mol. The van der Waals surface area contributed by atoms with Crippen molar-refractivity contribution >= 4 is 29.4 Å². The lowest BCUT2D eigenvalue weighted by molar-refractivity contribution is -0.137. The van der Waals surface area contributed by atoms with Crippen molar-refractivity contribution in [2.24, 2.45) is 5.92 Å². The number of carbonyl (C=O) groups is 4. The number of pyridine rings is 1. The zero-order valence-corrected chi connectivity index (χ0v) is 19.7. The lowest BCUT2D eigenvalue weighted by Gasteiger charge is -2.17. The van der Waals surface area contributed by atoms with E-state index in [1.54, 1.807) is 19.1 Å². The van der Waals surface area contributed by atoms with E-state index >= 15 is 0 Å². The molecule has 3 amide bonds. The minimum Gasteiger partial charge on any atom is -0.463 e. The van der Waals surface area contributed by atoms with Gasteiger partial charge in [0.1, 0.15) is 18.3 Å². The lowest BCUT2D eigenvalue weighted by atomic mass is 10.1. The maximum Gasteiger partial charge on any atom is 0.330 e. The number of ether oxygens (including phenoxy) is 1. The van der Waals surface area contributed by atoms with E-state index in [9.17, 15) is 24.0 Å². The summed E-state index contributed by atoms with van der Waals surface area (Å²) >= 11 is 0. The molecule has 33 heavy (non-hydrogen) atoms. The molecule has 1 unspecified atom stereocenters. The van der Waals surface area contributed by atoms with E-state index < -0.39 is 29.4 Å². The van der Waals surface area contributed by atoms with Gasteiger partial charge in [-0.3, -0.25) is 19.2 Å². The summed E-state index contributed by atoms with van der Waals surface area (Å²) < 4.78 is 5.99. The Morgan fingerprint density at radius 2 is 1.94 bits per heavy atom. The van der Waals surface area contributed by atoms with Gasteiger partial charge < -0.3 is 25.3 Å². The topological polar surface area (TPSA) is 136 Å². The Morgan fingerprint density at radius 3 is 2.58 bits per heavy atom. The second-order valence-electron chi connectivity index (χ2n) is 7.65. The number of anilines is 1. The first-order valence-corrected chi connectivity index (χ1v) is 11.0. The van der Waals surface area contributed by atoms with Gasteiger partial charge in [0.25, 0.3) is 5.56 Å². The van der Waals surface area contributed by atoms with Gasteiger partial charge >= 0.3 is 5.97 Å². The van der Waals surface area contributed by atoms with Crippen molar-refractivity contribution in [3.05, 3.63) is 40.8 Å². The van der Waals surface area contributed by atoms with Crippen LogP contribution in [0.1, 0.15) is 47.0 Å². The maximum absolute atomic E-state index is 12.7. The molecule has 1 aromatic heterocycles. The van der Waals surface area contributed by atoms with E-state index in [1.807, 2.05) is 13.8 Å². The molecule has 0 aliphatic heterocycles. The molecule has 0 fully saturated rings. The van der Waals surface area contributed by atoms with Crippen LogP contribution in [0.15, 0.2) is 35.3 Å². The number of allylic oxidation sites excluding steroid dienone is 1. The molecule has 2 atom stereocenters. The summed E-state index contributed by atoms with van der Waals surface area (Å²) in [4.78, 5) is 60.4. The third-order valence-corrected chi connectivity index (χ3v) is 4.79. The van der Waals surface area contributed by atoms with E-state index in [0.29, 0.717) is 18.9 Å². The fourth-order valence-electron chi connectivity index (χ4n) is 2.77. The van der Waals surface area contributed by atoms with Crippen molar-refractivity contribution in [2.75, 3.05) is 18.5 Å². The first-order chi connectivity index (χ1) is 15.7. The molecule has 0 aromatic carbocycles. The fourth-order valence-corrected chi connectivity index (χ4v) is 2.77. The van der Waals surface area contributed by atoms with E-state index in [1.165, 1.54) is 29.8 Å². The van der Waals surface area contributed by atoms with Crippen molar-refractivity contribution in [2.45, 2.75) is 59.5 Å². The zero-order valence-electron chi connectivity index (χ0n) is 19.7. The molecule has 0 bridgehead atoms. The molecule has 0 aliphatic rings. The maximum atomic E-state index is 12.7. The molecule has 0 radical (unpaired) electrons. The van der Waals surface area contributed by atoms with E-state index in [4.69, 9.17) is 4.74 Å². The number of carbonyl (C=O) groups excluding carboxylic acids is 4. The van der Waals surface area contributed by atoms with Crippen molar-refractivity contribution in [1.29, 1.82) is 0 Å². The highest BCUT2D eigenvalue weighted by molar-refractivity contribution is 5.96. The Morgan fingerprint density at radius 1 is 1.21 bits per heavy atom.